The number of rotatable bonds is 8. The first-order valence-electron chi connectivity index (χ1n) is 11.7. The highest BCUT2D eigenvalue weighted by Crippen LogP contribution is 2.49. The highest BCUT2D eigenvalue weighted by Gasteiger charge is 2.45. The minimum atomic E-state index is -0.817. The maximum absolute atomic E-state index is 12.7. The normalized spacial score (nSPS) is 20.0. The summed E-state index contributed by atoms with van der Waals surface area (Å²) in [7, 11) is 0. The van der Waals surface area contributed by atoms with Crippen molar-refractivity contribution in [3.8, 4) is 5.75 Å². The number of hydrogen-bond donors (Lipinski definition) is 3. The number of fused-ring (bicyclic) bond motifs is 1. The standard InChI is InChI=1S/C26H28BrN3O4/c27-18-7-8-23-19(14-18)21(15-26(33-23)10-4-11-26)28-16-22(31)20(13-17-5-2-1-3-6-17)30-25(32)24-9-12-29-34-24/h1-3,5-9,12,14,20-22,28,31H,4,10-11,13,15-16H2,(H,30,32)/t20-,21-,22-/m0/s1. The van der Waals surface area contributed by atoms with Gasteiger partial charge in [-0.25, -0.2) is 0 Å². The summed E-state index contributed by atoms with van der Waals surface area (Å²) in [6, 6.07) is 17.0. The van der Waals surface area contributed by atoms with E-state index in [0.29, 0.717) is 13.0 Å². The Bertz CT molecular complexity index is 1120. The molecule has 3 N–H and O–H groups in total. The molecule has 178 valence electrons. The molecule has 2 heterocycles. The lowest BCUT2D eigenvalue weighted by Crippen LogP contribution is -2.52. The molecule has 8 heteroatoms. The Labute approximate surface area is 207 Å². The molecule has 0 unspecified atom stereocenters. The first kappa shape index (κ1) is 23.1. The fourth-order valence-electron chi connectivity index (χ4n) is 4.83. The molecule has 1 aliphatic carbocycles. The Morgan fingerprint density at radius 1 is 1.21 bits per heavy atom. The third-order valence-electron chi connectivity index (χ3n) is 6.83. The Morgan fingerprint density at radius 3 is 2.74 bits per heavy atom. The number of carbonyl (C=O) groups excluding carboxylic acids is 1. The quantitative estimate of drug-likeness (QED) is 0.408. The maximum Gasteiger partial charge on any atom is 0.290 e. The fourth-order valence-corrected chi connectivity index (χ4v) is 5.21. The molecule has 1 aliphatic heterocycles. The van der Waals surface area contributed by atoms with E-state index in [4.69, 9.17) is 9.26 Å². The van der Waals surface area contributed by atoms with Crippen LogP contribution in [0.1, 0.15) is 53.4 Å². The van der Waals surface area contributed by atoms with Gasteiger partial charge < -0.3 is 25.0 Å². The molecule has 2 aliphatic rings. The summed E-state index contributed by atoms with van der Waals surface area (Å²) in [6.45, 7) is 0.320. The van der Waals surface area contributed by atoms with Crippen molar-refractivity contribution in [2.24, 2.45) is 0 Å². The molecule has 2 aromatic carbocycles. The number of amides is 1. The second-order valence-corrected chi connectivity index (χ2v) is 10.1. The number of carbonyl (C=O) groups is 1. The Balaban J connectivity index is 1.31. The van der Waals surface area contributed by atoms with Crippen LogP contribution < -0.4 is 15.4 Å². The fraction of sp³-hybridized carbons (Fsp3) is 0.385. The minimum Gasteiger partial charge on any atom is -0.487 e. The van der Waals surface area contributed by atoms with Crippen LogP contribution in [0.4, 0.5) is 0 Å². The first-order chi connectivity index (χ1) is 16.5. The zero-order valence-corrected chi connectivity index (χ0v) is 20.3. The van der Waals surface area contributed by atoms with Crippen LogP contribution in [-0.4, -0.2) is 40.5 Å². The monoisotopic (exact) mass is 525 g/mol. The summed E-state index contributed by atoms with van der Waals surface area (Å²) in [6.07, 6.45) is 5.23. The number of benzene rings is 2. The zero-order chi connectivity index (χ0) is 23.5. The van der Waals surface area contributed by atoms with Crippen molar-refractivity contribution in [3.05, 3.63) is 82.2 Å². The van der Waals surface area contributed by atoms with E-state index < -0.39 is 18.1 Å². The molecule has 1 amide bonds. The topological polar surface area (TPSA) is 96.6 Å². The van der Waals surface area contributed by atoms with Gasteiger partial charge in [0.15, 0.2) is 0 Å². The predicted molar refractivity (Wildman–Crippen MR) is 131 cm³/mol. The number of aromatic nitrogens is 1. The van der Waals surface area contributed by atoms with E-state index in [-0.39, 0.29) is 17.4 Å². The van der Waals surface area contributed by atoms with Crippen molar-refractivity contribution in [2.45, 2.75) is 55.9 Å². The molecule has 1 aromatic heterocycles. The number of nitrogens with one attached hydrogen (secondary N) is 2. The van der Waals surface area contributed by atoms with Crippen molar-refractivity contribution in [1.82, 2.24) is 15.8 Å². The predicted octanol–water partition coefficient (Wildman–Crippen LogP) is 4.18. The van der Waals surface area contributed by atoms with E-state index in [9.17, 15) is 9.90 Å². The van der Waals surface area contributed by atoms with Crippen LogP contribution in [0, 0.1) is 0 Å². The van der Waals surface area contributed by atoms with E-state index in [2.05, 4.69) is 37.8 Å². The summed E-state index contributed by atoms with van der Waals surface area (Å²) >= 11 is 3.57. The average Bonchev–Trinajstić information content (AvgIpc) is 3.37. The van der Waals surface area contributed by atoms with Crippen LogP contribution in [0.2, 0.25) is 0 Å². The lowest BCUT2D eigenvalue weighted by molar-refractivity contribution is -0.0382. The number of nitrogens with zero attached hydrogens (tertiary/aromatic N) is 1. The molecule has 3 aromatic rings. The number of ether oxygens (including phenoxy) is 1. The lowest BCUT2D eigenvalue weighted by Gasteiger charge is -2.48. The van der Waals surface area contributed by atoms with Crippen molar-refractivity contribution in [3.63, 3.8) is 0 Å². The Kier molecular flexibility index (Phi) is 6.72. The highest BCUT2D eigenvalue weighted by molar-refractivity contribution is 9.10. The molecule has 7 nitrogen and oxygen atoms in total. The van der Waals surface area contributed by atoms with Crippen LogP contribution in [0.25, 0.3) is 0 Å². The van der Waals surface area contributed by atoms with Crippen molar-refractivity contribution >= 4 is 21.8 Å². The van der Waals surface area contributed by atoms with Gasteiger partial charge in [-0.15, -0.1) is 0 Å². The number of hydrogen-bond acceptors (Lipinski definition) is 6. The van der Waals surface area contributed by atoms with E-state index in [0.717, 1.165) is 40.6 Å². The Morgan fingerprint density at radius 2 is 2.03 bits per heavy atom. The third kappa shape index (κ3) is 5.04. The summed E-state index contributed by atoms with van der Waals surface area (Å²) in [5, 5.41) is 21.3. The van der Waals surface area contributed by atoms with E-state index in [1.54, 1.807) is 0 Å². The number of halogens is 1. The minimum absolute atomic E-state index is 0.0542. The number of aliphatic hydroxyl groups is 1. The molecule has 5 rings (SSSR count). The van der Waals surface area contributed by atoms with Crippen LogP contribution in [-0.2, 0) is 6.42 Å². The van der Waals surface area contributed by atoms with Gasteiger partial charge >= 0.3 is 0 Å². The third-order valence-corrected chi connectivity index (χ3v) is 7.32. The van der Waals surface area contributed by atoms with Gasteiger partial charge in [-0.1, -0.05) is 51.4 Å². The SMILES string of the molecule is O=C(N[C@@H](Cc1ccccc1)[C@@H](O)CN[C@H]1CC2(CCC2)Oc2ccc(Br)cc21)c1ccno1. The zero-order valence-electron chi connectivity index (χ0n) is 18.7. The summed E-state index contributed by atoms with van der Waals surface area (Å²) in [4.78, 5) is 12.7. The molecule has 0 saturated heterocycles. The molecule has 1 saturated carbocycles. The van der Waals surface area contributed by atoms with Crippen LogP contribution >= 0.6 is 15.9 Å². The number of aliphatic hydroxyl groups excluding tert-OH is 1. The van der Waals surface area contributed by atoms with Gasteiger partial charge in [-0.05, 0) is 49.4 Å². The molecule has 0 bridgehead atoms. The van der Waals surface area contributed by atoms with E-state index in [1.165, 1.54) is 18.7 Å². The smallest absolute Gasteiger partial charge is 0.290 e. The Hall–Kier alpha value is -2.68. The molecule has 34 heavy (non-hydrogen) atoms. The van der Waals surface area contributed by atoms with Gasteiger partial charge in [0.2, 0.25) is 5.76 Å². The van der Waals surface area contributed by atoms with E-state index >= 15 is 0 Å². The van der Waals surface area contributed by atoms with Crippen molar-refractivity contribution < 1.29 is 19.2 Å². The highest BCUT2D eigenvalue weighted by atomic mass is 79.9. The summed E-state index contributed by atoms with van der Waals surface area (Å²) < 4.78 is 12.4. The first-order valence-corrected chi connectivity index (χ1v) is 12.5. The van der Waals surface area contributed by atoms with Crippen molar-refractivity contribution in [2.75, 3.05) is 6.54 Å². The molecule has 1 fully saturated rings. The van der Waals surface area contributed by atoms with Gasteiger partial charge in [0.1, 0.15) is 11.4 Å². The molecular weight excluding hydrogens is 498 g/mol. The largest absolute Gasteiger partial charge is 0.487 e. The van der Waals surface area contributed by atoms with Crippen LogP contribution in [0.3, 0.4) is 0 Å². The van der Waals surface area contributed by atoms with Crippen molar-refractivity contribution in [1.29, 1.82) is 0 Å². The van der Waals surface area contributed by atoms with Gasteiger partial charge in [-0.3, -0.25) is 4.79 Å². The van der Waals surface area contributed by atoms with Crippen LogP contribution in [0.5, 0.6) is 5.75 Å². The van der Waals surface area contributed by atoms with Crippen LogP contribution in [0.15, 0.2) is 69.8 Å². The second-order valence-electron chi connectivity index (χ2n) is 9.20. The molecule has 3 atom stereocenters. The second kappa shape index (κ2) is 9.90. The average molecular weight is 526 g/mol. The van der Waals surface area contributed by atoms with Gasteiger partial charge in [-0.2, -0.15) is 0 Å². The summed E-state index contributed by atoms with van der Waals surface area (Å²) in [5.74, 6) is 0.625. The van der Waals surface area contributed by atoms with Gasteiger partial charge in [0, 0.05) is 35.1 Å². The maximum atomic E-state index is 12.7. The lowest BCUT2D eigenvalue weighted by atomic mass is 9.73. The molecule has 0 radical (unpaired) electrons. The molecule has 1 spiro atoms. The molecular formula is C26H28BrN3O4. The van der Waals surface area contributed by atoms with Gasteiger partial charge in [0.25, 0.3) is 5.91 Å². The summed E-state index contributed by atoms with van der Waals surface area (Å²) in [5.41, 5.74) is 2.00. The van der Waals surface area contributed by atoms with Gasteiger partial charge in [0.05, 0.1) is 18.3 Å². The van der Waals surface area contributed by atoms with E-state index in [1.807, 2.05) is 42.5 Å².